The first-order valence-corrected chi connectivity index (χ1v) is 13.0. The Labute approximate surface area is 214 Å². The maximum Gasteiger partial charge on any atom is 0.408 e. The summed E-state index contributed by atoms with van der Waals surface area (Å²) in [6.45, 7) is 6.75. The largest absolute Gasteiger partial charge is 0.444 e. The highest BCUT2D eigenvalue weighted by Gasteiger charge is 2.24. The van der Waals surface area contributed by atoms with Gasteiger partial charge in [0.05, 0.1) is 13.2 Å². The fraction of sp³-hybridized carbons (Fsp3) is 0.630. The minimum Gasteiger partial charge on any atom is -0.444 e. The molecule has 0 aliphatic heterocycles. The number of carbonyl (C=O) groups excluding carboxylic acids is 2. The molecular weight excluding hydrogens is 460 g/mol. The average Bonchev–Trinajstić information content (AvgIpc) is 3.31. The Balaban J connectivity index is 1.76. The van der Waals surface area contributed by atoms with Crippen molar-refractivity contribution in [1.29, 1.82) is 0 Å². The highest BCUT2D eigenvalue weighted by atomic mass is 16.6. The van der Waals surface area contributed by atoms with Gasteiger partial charge in [0.1, 0.15) is 11.6 Å². The van der Waals surface area contributed by atoms with Crippen LogP contribution in [0.15, 0.2) is 28.8 Å². The fourth-order valence-corrected chi connectivity index (χ4v) is 3.66. The van der Waals surface area contributed by atoms with Crippen LogP contribution in [0.1, 0.15) is 90.5 Å². The highest BCUT2D eigenvalue weighted by Crippen LogP contribution is 2.18. The molecule has 2 rings (SSSR count). The van der Waals surface area contributed by atoms with E-state index in [-0.39, 0.29) is 12.4 Å². The van der Waals surface area contributed by atoms with Crippen LogP contribution in [0.2, 0.25) is 0 Å². The third-order valence-electron chi connectivity index (χ3n) is 5.60. The van der Waals surface area contributed by atoms with Crippen molar-refractivity contribution in [3.8, 4) is 11.4 Å². The van der Waals surface area contributed by atoms with Crippen molar-refractivity contribution in [3.05, 3.63) is 35.7 Å². The topological polar surface area (TPSA) is 127 Å². The summed E-state index contributed by atoms with van der Waals surface area (Å²) in [6.07, 6.45) is 10.7. The standard InChI is InChI=1S/C27H42N4O5/c1-5-6-7-8-9-10-11-12-13-20-14-16-21(17-15-20)24-30-23(36-31-24)18-28-25(33)22(19-32)29-26(34)35-27(2,3)4/h14-17,22,32H,5-13,18-19H2,1-4H3,(H,28,33)(H,29,34)/t22-/m0/s1. The lowest BCUT2D eigenvalue weighted by molar-refractivity contribution is -0.124. The Bertz CT molecular complexity index is 921. The van der Waals surface area contributed by atoms with Crippen molar-refractivity contribution >= 4 is 12.0 Å². The van der Waals surface area contributed by atoms with Crippen molar-refractivity contribution < 1.29 is 24.0 Å². The molecule has 36 heavy (non-hydrogen) atoms. The number of ether oxygens (including phenoxy) is 1. The number of aliphatic hydroxyl groups is 1. The van der Waals surface area contributed by atoms with Crippen LogP contribution in [0.3, 0.4) is 0 Å². The van der Waals surface area contributed by atoms with Crippen LogP contribution in [-0.2, 0) is 22.5 Å². The summed E-state index contributed by atoms with van der Waals surface area (Å²) in [5.74, 6) is 0.0622. The van der Waals surface area contributed by atoms with E-state index >= 15 is 0 Å². The molecule has 1 atom stereocenters. The number of amides is 2. The van der Waals surface area contributed by atoms with Gasteiger partial charge in [-0.1, -0.05) is 81.3 Å². The van der Waals surface area contributed by atoms with Gasteiger partial charge >= 0.3 is 6.09 Å². The molecule has 9 nitrogen and oxygen atoms in total. The van der Waals surface area contributed by atoms with Gasteiger partial charge in [-0.25, -0.2) is 4.79 Å². The number of nitrogens with one attached hydrogen (secondary N) is 2. The number of rotatable bonds is 15. The summed E-state index contributed by atoms with van der Waals surface area (Å²) in [5, 5.41) is 18.4. The molecule has 1 aromatic carbocycles. The number of carbonyl (C=O) groups is 2. The van der Waals surface area contributed by atoms with Crippen molar-refractivity contribution in [2.75, 3.05) is 6.61 Å². The van der Waals surface area contributed by atoms with E-state index in [0.717, 1.165) is 12.0 Å². The summed E-state index contributed by atoms with van der Waals surface area (Å²) < 4.78 is 10.3. The van der Waals surface area contributed by atoms with Crippen LogP contribution in [0.25, 0.3) is 11.4 Å². The number of alkyl carbamates (subject to hydrolysis) is 1. The van der Waals surface area contributed by atoms with Crippen molar-refractivity contribution in [3.63, 3.8) is 0 Å². The molecule has 0 unspecified atom stereocenters. The Hall–Kier alpha value is -2.94. The van der Waals surface area contributed by atoms with Gasteiger partial charge < -0.3 is 25.0 Å². The molecule has 3 N–H and O–H groups in total. The normalized spacial score (nSPS) is 12.2. The molecule has 0 aliphatic rings. The lowest BCUT2D eigenvalue weighted by atomic mass is 10.0. The molecular formula is C27H42N4O5. The van der Waals surface area contributed by atoms with Crippen LogP contribution in [0, 0.1) is 0 Å². The summed E-state index contributed by atoms with van der Waals surface area (Å²) in [5.41, 5.74) is 1.40. The molecule has 0 spiro atoms. The summed E-state index contributed by atoms with van der Waals surface area (Å²) >= 11 is 0. The number of benzene rings is 1. The molecule has 0 saturated heterocycles. The van der Waals surface area contributed by atoms with E-state index in [9.17, 15) is 14.7 Å². The van der Waals surface area contributed by atoms with E-state index in [0.29, 0.717) is 5.82 Å². The van der Waals surface area contributed by atoms with Gasteiger partial charge in [0.25, 0.3) is 0 Å². The lowest BCUT2D eigenvalue weighted by Crippen LogP contribution is -2.50. The number of hydrogen-bond acceptors (Lipinski definition) is 7. The van der Waals surface area contributed by atoms with E-state index in [1.807, 2.05) is 12.1 Å². The average molecular weight is 503 g/mol. The predicted octanol–water partition coefficient (Wildman–Crippen LogP) is 4.92. The van der Waals surface area contributed by atoms with Gasteiger partial charge in [0.2, 0.25) is 17.6 Å². The summed E-state index contributed by atoms with van der Waals surface area (Å²) in [7, 11) is 0. The molecule has 0 bridgehead atoms. The number of hydrogen-bond donors (Lipinski definition) is 3. The third kappa shape index (κ3) is 11.2. The van der Waals surface area contributed by atoms with E-state index in [1.54, 1.807) is 20.8 Å². The smallest absolute Gasteiger partial charge is 0.408 e. The number of aliphatic hydroxyl groups excluding tert-OH is 1. The van der Waals surface area contributed by atoms with E-state index < -0.39 is 30.3 Å². The minimum atomic E-state index is -1.16. The quantitative estimate of drug-likeness (QED) is 0.295. The molecule has 200 valence electrons. The maximum atomic E-state index is 12.3. The van der Waals surface area contributed by atoms with Crippen LogP contribution >= 0.6 is 0 Å². The second kappa shape index (κ2) is 15.2. The maximum absolute atomic E-state index is 12.3. The number of nitrogens with zero attached hydrogens (tertiary/aromatic N) is 2. The molecule has 0 radical (unpaired) electrons. The lowest BCUT2D eigenvalue weighted by Gasteiger charge is -2.22. The molecule has 1 heterocycles. The molecule has 2 amide bonds. The Kier molecular flexibility index (Phi) is 12.4. The monoisotopic (exact) mass is 502 g/mol. The zero-order valence-electron chi connectivity index (χ0n) is 22.1. The van der Waals surface area contributed by atoms with Gasteiger partial charge in [0, 0.05) is 5.56 Å². The van der Waals surface area contributed by atoms with Crippen molar-refractivity contribution in [1.82, 2.24) is 20.8 Å². The second-order valence-corrected chi connectivity index (χ2v) is 10.0. The molecule has 0 fully saturated rings. The fourth-order valence-electron chi connectivity index (χ4n) is 3.66. The van der Waals surface area contributed by atoms with Crippen molar-refractivity contribution in [2.24, 2.45) is 0 Å². The SMILES string of the molecule is CCCCCCCCCCc1ccc(-c2noc(CNC(=O)[C@H](CO)NC(=O)OC(C)(C)C)n2)cc1. The molecule has 0 aliphatic carbocycles. The van der Waals surface area contributed by atoms with Crippen LogP contribution in [0.4, 0.5) is 4.79 Å². The first-order valence-electron chi connectivity index (χ1n) is 13.0. The second-order valence-electron chi connectivity index (χ2n) is 10.0. The molecule has 2 aromatic rings. The summed E-state index contributed by atoms with van der Waals surface area (Å²) in [4.78, 5) is 28.5. The number of unbranched alkanes of at least 4 members (excludes halogenated alkanes) is 7. The van der Waals surface area contributed by atoms with E-state index in [2.05, 4.69) is 39.8 Å². The first-order chi connectivity index (χ1) is 17.2. The van der Waals surface area contributed by atoms with Gasteiger partial charge in [-0.05, 0) is 39.2 Å². The molecule has 9 heteroatoms. The first kappa shape index (κ1) is 29.3. The van der Waals surface area contributed by atoms with E-state index in [4.69, 9.17) is 9.26 Å². The van der Waals surface area contributed by atoms with Gasteiger partial charge in [0.15, 0.2) is 0 Å². The minimum absolute atomic E-state index is 0.0329. The summed E-state index contributed by atoms with van der Waals surface area (Å²) in [6, 6.07) is 6.96. The highest BCUT2D eigenvalue weighted by molar-refractivity contribution is 5.85. The van der Waals surface area contributed by atoms with E-state index in [1.165, 1.54) is 56.9 Å². The zero-order chi connectivity index (χ0) is 26.4. The van der Waals surface area contributed by atoms with Crippen LogP contribution in [-0.4, -0.2) is 45.5 Å². The number of aromatic nitrogens is 2. The van der Waals surface area contributed by atoms with Gasteiger partial charge in [-0.15, -0.1) is 0 Å². The van der Waals surface area contributed by atoms with Crippen LogP contribution < -0.4 is 10.6 Å². The number of aryl methyl sites for hydroxylation is 1. The Morgan fingerprint density at radius 2 is 1.67 bits per heavy atom. The Morgan fingerprint density at radius 1 is 1.03 bits per heavy atom. The predicted molar refractivity (Wildman–Crippen MR) is 138 cm³/mol. The molecule has 0 saturated carbocycles. The third-order valence-corrected chi connectivity index (χ3v) is 5.60. The molecule has 1 aromatic heterocycles. The van der Waals surface area contributed by atoms with Gasteiger partial charge in [-0.3, -0.25) is 4.79 Å². The Morgan fingerprint density at radius 3 is 2.28 bits per heavy atom. The van der Waals surface area contributed by atoms with Gasteiger partial charge in [-0.2, -0.15) is 4.98 Å². The zero-order valence-corrected chi connectivity index (χ0v) is 22.1. The van der Waals surface area contributed by atoms with Crippen LogP contribution in [0.5, 0.6) is 0 Å². The van der Waals surface area contributed by atoms with Crippen molar-refractivity contribution in [2.45, 2.75) is 104 Å².